The van der Waals surface area contributed by atoms with Crippen LogP contribution in [0.4, 0.5) is 5.69 Å². The Morgan fingerprint density at radius 2 is 1.65 bits per heavy atom. The summed E-state index contributed by atoms with van der Waals surface area (Å²) in [5.74, 6) is -2.37. The van der Waals surface area contributed by atoms with Crippen LogP contribution in [-0.2, 0) is 24.7 Å². The number of ether oxygens (including phenoxy) is 1. The van der Waals surface area contributed by atoms with Gasteiger partial charge in [0.2, 0.25) is 0 Å². The van der Waals surface area contributed by atoms with E-state index in [1.54, 1.807) is 55.6 Å². The lowest BCUT2D eigenvalue weighted by Gasteiger charge is -2.35. The number of likely N-dealkylation sites (tertiary alicyclic amines) is 1. The van der Waals surface area contributed by atoms with Gasteiger partial charge in [-0.25, -0.2) is 0 Å². The van der Waals surface area contributed by atoms with Crippen molar-refractivity contribution in [1.29, 1.82) is 0 Å². The molecule has 2 fully saturated rings. The number of carbonyl (C=O) groups is 3. The third-order valence-electron chi connectivity index (χ3n) is 6.95. The Morgan fingerprint density at radius 3 is 2.38 bits per heavy atom. The molecule has 2 aromatic rings. The molecule has 3 aliphatic rings. The summed E-state index contributed by atoms with van der Waals surface area (Å²) in [6.07, 6.45) is 0.583. The molecule has 0 saturated carbocycles. The molecule has 1 atom stereocenters. The molecule has 0 aliphatic carbocycles. The van der Waals surface area contributed by atoms with Gasteiger partial charge in [0.15, 0.2) is 5.54 Å². The van der Waals surface area contributed by atoms with E-state index >= 15 is 0 Å². The van der Waals surface area contributed by atoms with Crippen LogP contribution in [-0.4, -0.2) is 78.9 Å². The van der Waals surface area contributed by atoms with E-state index in [0.29, 0.717) is 43.0 Å². The highest BCUT2D eigenvalue weighted by Crippen LogP contribution is 2.53. The fraction of sp³-hybridized carbons (Fsp3) is 0.346. The summed E-state index contributed by atoms with van der Waals surface area (Å²) in [7, 11) is 1.63. The molecule has 0 unspecified atom stereocenters. The number of morpholine rings is 1. The van der Waals surface area contributed by atoms with E-state index < -0.39 is 23.1 Å². The average Bonchev–Trinajstić information content (AvgIpc) is 3.23. The van der Waals surface area contributed by atoms with Gasteiger partial charge in [-0.05, 0) is 12.5 Å². The molecule has 2 saturated heterocycles. The lowest BCUT2D eigenvalue weighted by Crippen LogP contribution is -2.52. The molecule has 1 spiro atoms. The van der Waals surface area contributed by atoms with Crippen molar-refractivity contribution < 1.29 is 24.2 Å². The molecule has 0 radical (unpaired) electrons. The number of rotatable bonds is 5. The maximum atomic E-state index is 13.9. The quantitative estimate of drug-likeness (QED) is 0.416. The number of hydrogen-bond donors (Lipinski definition) is 1. The summed E-state index contributed by atoms with van der Waals surface area (Å²) >= 11 is 0. The Balaban J connectivity index is 1.62. The SMILES string of the molecule is CN1C(=O)[C@@]2(C(=C(O)c3ccccc3)C(=O)C(=O)N2CCCN2CCOCC2)c2ccccc21. The summed E-state index contributed by atoms with van der Waals surface area (Å²) in [5.41, 5.74) is -0.327. The van der Waals surface area contributed by atoms with E-state index in [0.717, 1.165) is 13.1 Å². The van der Waals surface area contributed by atoms with Gasteiger partial charge < -0.3 is 19.6 Å². The van der Waals surface area contributed by atoms with Gasteiger partial charge in [-0.1, -0.05) is 48.5 Å². The number of aliphatic hydroxyl groups excluding tert-OH is 1. The number of hydrogen-bond acceptors (Lipinski definition) is 6. The molecule has 3 heterocycles. The predicted octanol–water partition coefficient (Wildman–Crippen LogP) is 1.96. The van der Waals surface area contributed by atoms with E-state index in [2.05, 4.69) is 4.90 Å². The smallest absolute Gasteiger partial charge is 0.296 e. The third kappa shape index (κ3) is 3.25. The van der Waals surface area contributed by atoms with Crippen molar-refractivity contribution in [3.8, 4) is 0 Å². The van der Waals surface area contributed by atoms with Gasteiger partial charge in [0.05, 0.1) is 18.8 Å². The largest absolute Gasteiger partial charge is 0.507 e. The number of carbonyl (C=O) groups excluding carboxylic acids is 3. The molecule has 0 aromatic heterocycles. The number of amides is 2. The first-order valence-corrected chi connectivity index (χ1v) is 11.5. The molecular formula is C26H27N3O5. The number of likely N-dealkylation sites (N-methyl/N-ethyl adjacent to an activating group) is 1. The van der Waals surface area contributed by atoms with Crippen molar-refractivity contribution >= 4 is 29.0 Å². The predicted molar refractivity (Wildman–Crippen MR) is 126 cm³/mol. The minimum atomic E-state index is -1.69. The van der Waals surface area contributed by atoms with Gasteiger partial charge in [-0.2, -0.15) is 0 Å². The Morgan fingerprint density at radius 1 is 0.971 bits per heavy atom. The van der Waals surface area contributed by atoms with Gasteiger partial charge in [0.1, 0.15) is 5.76 Å². The van der Waals surface area contributed by atoms with Gasteiger partial charge >= 0.3 is 0 Å². The zero-order chi connectivity index (χ0) is 23.9. The third-order valence-corrected chi connectivity index (χ3v) is 6.95. The van der Waals surface area contributed by atoms with Crippen LogP contribution in [0.25, 0.3) is 5.76 Å². The number of nitrogens with zero attached hydrogens (tertiary/aromatic N) is 3. The van der Waals surface area contributed by atoms with Crippen LogP contribution in [0, 0.1) is 0 Å². The molecule has 0 bridgehead atoms. The second-order valence-corrected chi connectivity index (χ2v) is 8.77. The van der Waals surface area contributed by atoms with Gasteiger partial charge in [0.25, 0.3) is 17.6 Å². The first-order valence-electron chi connectivity index (χ1n) is 11.5. The highest BCUT2D eigenvalue weighted by molar-refractivity contribution is 6.50. The number of para-hydroxylation sites is 1. The fourth-order valence-corrected chi connectivity index (χ4v) is 5.29. The normalized spacial score (nSPS) is 24.3. The van der Waals surface area contributed by atoms with Gasteiger partial charge in [-0.15, -0.1) is 0 Å². The molecule has 34 heavy (non-hydrogen) atoms. The van der Waals surface area contributed by atoms with Crippen LogP contribution < -0.4 is 4.90 Å². The molecule has 8 nitrogen and oxygen atoms in total. The summed E-state index contributed by atoms with van der Waals surface area (Å²) in [6, 6.07) is 15.7. The van der Waals surface area contributed by atoms with Crippen molar-refractivity contribution in [3.05, 3.63) is 71.3 Å². The monoisotopic (exact) mass is 461 g/mol. The van der Waals surface area contributed by atoms with Crippen molar-refractivity contribution in [1.82, 2.24) is 9.80 Å². The lowest BCUT2D eigenvalue weighted by molar-refractivity contribution is -0.143. The van der Waals surface area contributed by atoms with Crippen molar-refractivity contribution in [3.63, 3.8) is 0 Å². The summed E-state index contributed by atoms with van der Waals surface area (Å²) in [4.78, 5) is 45.8. The Bertz CT molecular complexity index is 1170. The molecule has 8 heteroatoms. The van der Waals surface area contributed by atoms with E-state index in [-0.39, 0.29) is 17.9 Å². The summed E-state index contributed by atoms with van der Waals surface area (Å²) in [5, 5.41) is 11.3. The van der Waals surface area contributed by atoms with Crippen LogP contribution in [0.5, 0.6) is 0 Å². The summed E-state index contributed by atoms with van der Waals surface area (Å²) in [6.45, 7) is 3.87. The van der Waals surface area contributed by atoms with Crippen molar-refractivity contribution in [2.75, 3.05) is 51.3 Å². The highest BCUT2D eigenvalue weighted by atomic mass is 16.5. The maximum absolute atomic E-state index is 13.9. The first-order chi connectivity index (χ1) is 16.5. The van der Waals surface area contributed by atoms with E-state index in [1.165, 1.54) is 9.80 Å². The van der Waals surface area contributed by atoms with Crippen molar-refractivity contribution in [2.24, 2.45) is 0 Å². The zero-order valence-electron chi connectivity index (χ0n) is 19.1. The topological polar surface area (TPSA) is 90.4 Å². The minimum absolute atomic E-state index is 0.170. The number of benzene rings is 2. The zero-order valence-corrected chi connectivity index (χ0v) is 19.1. The van der Waals surface area contributed by atoms with E-state index in [9.17, 15) is 19.5 Å². The molecule has 2 aromatic carbocycles. The Hall–Kier alpha value is -3.49. The molecule has 176 valence electrons. The first kappa shape index (κ1) is 22.3. The molecule has 5 rings (SSSR count). The van der Waals surface area contributed by atoms with Crippen LogP contribution in [0.3, 0.4) is 0 Å². The lowest BCUT2D eigenvalue weighted by atomic mass is 9.82. The molecule has 1 N–H and O–H groups in total. The standard InChI is InChI=1S/C26H27N3O5/c1-27-20-11-6-5-10-19(20)26(25(27)33)21(22(30)18-8-3-2-4-9-18)23(31)24(32)29(26)13-7-12-28-14-16-34-17-15-28/h2-6,8-11,30H,7,12-17H2,1H3/t26-/m0/s1. The second-order valence-electron chi connectivity index (χ2n) is 8.77. The van der Waals surface area contributed by atoms with Crippen LogP contribution >= 0.6 is 0 Å². The van der Waals surface area contributed by atoms with Gasteiger partial charge in [0, 0.05) is 50.0 Å². The molecule has 3 aliphatic heterocycles. The van der Waals surface area contributed by atoms with Gasteiger partial charge in [-0.3, -0.25) is 19.3 Å². The van der Waals surface area contributed by atoms with Crippen molar-refractivity contribution in [2.45, 2.75) is 12.0 Å². The minimum Gasteiger partial charge on any atom is -0.507 e. The summed E-state index contributed by atoms with van der Waals surface area (Å²) < 4.78 is 5.40. The fourth-order valence-electron chi connectivity index (χ4n) is 5.29. The number of aliphatic hydroxyl groups is 1. The molecule has 2 amide bonds. The number of fused-ring (bicyclic) bond motifs is 2. The van der Waals surface area contributed by atoms with E-state index in [1.807, 2.05) is 6.07 Å². The number of Topliss-reactive ketones (excluding diaryl/α,β-unsaturated/α-hetero) is 1. The average molecular weight is 462 g/mol. The van der Waals surface area contributed by atoms with Crippen LogP contribution in [0.2, 0.25) is 0 Å². The van der Waals surface area contributed by atoms with Crippen LogP contribution in [0.1, 0.15) is 17.5 Å². The Kier molecular flexibility index (Phi) is 5.71. The number of ketones is 1. The highest BCUT2D eigenvalue weighted by Gasteiger charge is 2.66. The maximum Gasteiger partial charge on any atom is 0.296 e. The number of anilines is 1. The Labute approximate surface area is 198 Å². The van der Waals surface area contributed by atoms with E-state index in [4.69, 9.17) is 4.74 Å². The second kappa shape index (κ2) is 8.70. The molecular weight excluding hydrogens is 434 g/mol. The van der Waals surface area contributed by atoms with Crippen LogP contribution in [0.15, 0.2) is 60.2 Å².